The van der Waals surface area contributed by atoms with Crippen LogP contribution in [0.25, 0.3) is 0 Å². The van der Waals surface area contributed by atoms with Gasteiger partial charge in [-0.1, -0.05) is 48.5 Å². The van der Waals surface area contributed by atoms with Gasteiger partial charge < -0.3 is 4.18 Å². The van der Waals surface area contributed by atoms with Crippen LogP contribution in [0.3, 0.4) is 0 Å². The van der Waals surface area contributed by atoms with Gasteiger partial charge in [0, 0.05) is 0 Å². The first kappa shape index (κ1) is 15.3. The first-order valence-electron chi connectivity index (χ1n) is 4.98. The van der Waals surface area contributed by atoms with E-state index in [4.69, 9.17) is 4.18 Å². The van der Waals surface area contributed by atoms with Gasteiger partial charge in [0.15, 0.2) is 0 Å². The normalized spacial score (nSPS) is 11.1. The monoisotopic (exact) mass is 274 g/mol. The van der Waals surface area contributed by atoms with Crippen molar-refractivity contribution in [2.45, 2.75) is 0 Å². The fourth-order valence-corrected chi connectivity index (χ4v) is 3.99. The van der Waals surface area contributed by atoms with Gasteiger partial charge in [-0.05, 0) is 17.4 Å². The summed E-state index contributed by atoms with van der Waals surface area (Å²) in [6, 6.07) is 17.5. The number of hydrogen-bond acceptors (Lipinski definition) is 3. The molecular weight excluding hydrogens is 262 g/mol. The van der Waals surface area contributed by atoms with Crippen molar-refractivity contribution in [1.29, 1.82) is 0 Å². The molecule has 2 aromatic carbocycles. The Labute approximate surface area is 120 Å². The molecule has 0 aromatic heterocycles. The zero-order valence-corrected chi connectivity index (χ0v) is 10.7. The molecule has 0 bridgehead atoms. The molecule has 18 heavy (non-hydrogen) atoms. The summed E-state index contributed by atoms with van der Waals surface area (Å²) in [5, 5.41) is 0.739. The molecule has 90 valence electrons. The van der Waals surface area contributed by atoms with Crippen molar-refractivity contribution in [2.24, 2.45) is 0 Å². The fourth-order valence-electron chi connectivity index (χ4n) is 1.27. The third kappa shape index (κ3) is 4.84. The van der Waals surface area contributed by atoms with Crippen LogP contribution in [0.2, 0.25) is 0 Å². The fraction of sp³-hybridized carbons (Fsp3) is 0. The van der Waals surface area contributed by atoms with Crippen molar-refractivity contribution in [3.05, 3.63) is 60.7 Å². The van der Waals surface area contributed by atoms with Crippen molar-refractivity contribution >= 4 is 41.7 Å². The third-order valence-corrected chi connectivity index (χ3v) is 4.90. The van der Waals surface area contributed by atoms with Gasteiger partial charge in [-0.25, -0.2) is 0 Å². The van der Waals surface area contributed by atoms with E-state index in [9.17, 15) is 8.42 Å². The standard InChI is InChI=1S/C12H11O3PS.Li.H/c13-17(14,15-11-7-3-1-4-8-11)16-12-9-5-2-6-10-12;;/h1-10,16H;;. The summed E-state index contributed by atoms with van der Waals surface area (Å²) in [5.41, 5.74) is 0. The average molecular weight is 274 g/mol. The van der Waals surface area contributed by atoms with Crippen molar-refractivity contribution in [1.82, 2.24) is 0 Å². The van der Waals surface area contributed by atoms with Crippen molar-refractivity contribution in [2.75, 3.05) is 0 Å². The molecule has 0 N–H and O–H groups in total. The summed E-state index contributed by atoms with van der Waals surface area (Å²) >= 11 is 0. The molecule has 1 unspecified atom stereocenters. The van der Waals surface area contributed by atoms with Gasteiger partial charge in [-0.3, -0.25) is 0 Å². The summed E-state index contributed by atoms with van der Waals surface area (Å²) in [5.74, 6) is 0.343. The Balaban J connectivity index is 0.00000162. The van der Waals surface area contributed by atoms with Crippen LogP contribution in [-0.4, -0.2) is 27.3 Å². The molecule has 0 radical (unpaired) electrons. The summed E-state index contributed by atoms with van der Waals surface area (Å²) in [7, 11) is -3.95. The molecule has 2 rings (SSSR count). The Bertz CT molecular complexity index is 525. The van der Waals surface area contributed by atoms with Crippen LogP contribution in [-0.2, 0) is 9.74 Å². The van der Waals surface area contributed by atoms with Crippen LogP contribution in [0.5, 0.6) is 5.75 Å². The third-order valence-electron chi connectivity index (χ3n) is 1.97. The predicted octanol–water partition coefficient (Wildman–Crippen LogP) is 1.67. The van der Waals surface area contributed by atoms with Crippen molar-refractivity contribution in [3.63, 3.8) is 0 Å². The Morgan fingerprint density at radius 1 is 0.833 bits per heavy atom. The van der Waals surface area contributed by atoms with Gasteiger partial charge in [-0.2, -0.15) is 8.42 Å². The molecule has 0 heterocycles. The number of rotatable bonds is 4. The molecule has 0 aliphatic rings. The summed E-state index contributed by atoms with van der Waals surface area (Å²) in [6.45, 7) is 0. The average Bonchev–Trinajstić information content (AvgIpc) is 2.30. The second kappa shape index (κ2) is 6.97. The molecule has 0 spiro atoms. The molecule has 1 atom stereocenters. The van der Waals surface area contributed by atoms with Crippen LogP contribution in [0.1, 0.15) is 0 Å². The quantitative estimate of drug-likeness (QED) is 0.629. The zero-order chi connectivity index (χ0) is 12.1. The topological polar surface area (TPSA) is 43.4 Å². The van der Waals surface area contributed by atoms with E-state index in [-0.39, 0.29) is 18.9 Å². The predicted molar refractivity (Wildman–Crippen MR) is 77.5 cm³/mol. The van der Waals surface area contributed by atoms with Gasteiger partial charge in [0.25, 0.3) is 0 Å². The molecular formula is C12H12LiO3PS. The molecule has 0 aliphatic carbocycles. The number of benzene rings is 2. The molecule has 0 amide bonds. The second-order valence-electron chi connectivity index (χ2n) is 3.32. The van der Waals surface area contributed by atoms with E-state index < -0.39 is 17.5 Å². The first-order valence-corrected chi connectivity index (χ1v) is 8.11. The van der Waals surface area contributed by atoms with Crippen LogP contribution in [0.15, 0.2) is 60.7 Å². The maximum atomic E-state index is 11.8. The summed E-state index contributed by atoms with van der Waals surface area (Å²) in [4.78, 5) is 0. The van der Waals surface area contributed by atoms with Gasteiger partial charge >= 0.3 is 28.6 Å². The molecule has 2 aromatic rings. The van der Waals surface area contributed by atoms with Gasteiger partial charge in [0.05, 0.1) is 7.78 Å². The summed E-state index contributed by atoms with van der Waals surface area (Å²) < 4.78 is 28.5. The molecule has 0 fully saturated rings. The second-order valence-corrected chi connectivity index (χ2v) is 7.29. The van der Waals surface area contributed by atoms with Crippen LogP contribution in [0, 0.1) is 0 Å². The number of hydrogen-bond donors (Lipinski definition) is 0. The van der Waals surface area contributed by atoms with Crippen molar-refractivity contribution < 1.29 is 12.6 Å². The minimum absolute atomic E-state index is 0. The summed E-state index contributed by atoms with van der Waals surface area (Å²) in [6.07, 6.45) is 0. The van der Waals surface area contributed by atoms with Gasteiger partial charge in [0.1, 0.15) is 5.75 Å². The van der Waals surface area contributed by atoms with E-state index in [0.717, 1.165) is 5.30 Å². The van der Waals surface area contributed by atoms with Crippen LogP contribution in [0.4, 0.5) is 0 Å². The van der Waals surface area contributed by atoms with Crippen LogP contribution < -0.4 is 9.49 Å². The van der Waals surface area contributed by atoms with E-state index in [1.165, 1.54) is 0 Å². The first-order chi connectivity index (χ1) is 8.16. The van der Waals surface area contributed by atoms with Crippen molar-refractivity contribution in [3.8, 4) is 5.75 Å². The van der Waals surface area contributed by atoms with E-state index >= 15 is 0 Å². The molecule has 3 nitrogen and oxygen atoms in total. The number of para-hydroxylation sites is 1. The Kier molecular flexibility index (Phi) is 5.91. The van der Waals surface area contributed by atoms with E-state index in [1.54, 1.807) is 54.6 Å². The molecule has 6 heteroatoms. The SMILES string of the molecule is O=S(=O)(Oc1ccccc1)Pc1ccccc1.[LiH]. The molecule has 0 saturated carbocycles. The Hall–Kier alpha value is -0.783. The van der Waals surface area contributed by atoms with E-state index in [0.29, 0.717) is 5.75 Å². The molecule has 0 saturated heterocycles. The zero-order valence-electron chi connectivity index (χ0n) is 8.91. The van der Waals surface area contributed by atoms with Gasteiger partial charge in [0.2, 0.25) is 0 Å². The van der Waals surface area contributed by atoms with Crippen LogP contribution >= 0.6 is 7.78 Å². The minimum atomic E-state index is -3.56. The molecule has 0 aliphatic heterocycles. The van der Waals surface area contributed by atoms with E-state index in [2.05, 4.69) is 0 Å². The Morgan fingerprint density at radius 2 is 1.33 bits per heavy atom. The van der Waals surface area contributed by atoms with E-state index in [1.807, 2.05) is 6.07 Å². The maximum absolute atomic E-state index is 11.8. The Morgan fingerprint density at radius 3 is 1.89 bits per heavy atom. The van der Waals surface area contributed by atoms with Gasteiger partial charge in [-0.15, -0.1) is 0 Å².